The van der Waals surface area contributed by atoms with Crippen LogP contribution in [0, 0.1) is 0 Å². The minimum Gasteiger partial charge on any atom is -0.396 e. The van der Waals surface area contributed by atoms with E-state index in [1.807, 2.05) is 0 Å². The number of aliphatic hydroxyl groups excluding tert-OH is 1. The topological polar surface area (TPSA) is 30.0 Å². The van der Waals surface area contributed by atoms with Crippen LogP contribution in [0.4, 0.5) is 0 Å². The van der Waals surface area contributed by atoms with E-state index in [2.05, 4.69) is 49.8 Å². The molecule has 0 saturated heterocycles. The van der Waals surface area contributed by atoms with E-state index >= 15 is 0 Å². The summed E-state index contributed by atoms with van der Waals surface area (Å²) in [5.74, 6) is 0. The summed E-state index contributed by atoms with van der Waals surface area (Å²) in [4.78, 5) is 7.05. The van der Waals surface area contributed by atoms with Crippen molar-refractivity contribution in [2.45, 2.75) is 38.6 Å². The molecule has 1 N–H and O–H groups in total. The molecule has 116 valence electrons. The lowest BCUT2D eigenvalue weighted by Gasteiger charge is -2.31. The quantitative estimate of drug-likeness (QED) is 0.581. The molecule has 0 rings (SSSR count). The Labute approximate surface area is 120 Å². The maximum absolute atomic E-state index is 9.20. The molecule has 4 heteroatoms. The summed E-state index contributed by atoms with van der Waals surface area (Å²) in [6, 6.07) is 0.536. The predicted molar refractivity (Wildman–Crippen MR) is 83.7 cm³/mol. The van der Waals surface area contributed by atoms with Crippen LogP contribution in [0.5, 0.6) is 0 Å². The van der Waals surface area contributed by atoms with Gasteiger partial charge < -0.3 is 19.8 Å². The van der Waals surface area contributed by atoms with Crippen LogP contribution in [0.25, 0.3) is 0 Å². The van der Waals surface area contributed by atoms with Crippen molar-refractivity contribution in [1.29, 1.82) is 0 Å². The number of rotatable bonds is 12. The SMILES string of the molecule is CCC(CCO)N(CCCN(C)C)CCCN(C)C. The maximum atomic E-state index is 9.20. The van der Waals surface area contributed by atoms with Gasteiger partial charge in [0.2, 0.25) is 0 Å². The lowest BCUT2D eigenvalue weighted by atomic mass is 10.1. The van der Waals surface area contributed by atoms with Gasteiger partial charge in [-0.05, 0) is 80.1 Å². The van der Waals surface area contributed by atoms with Crippen LogP contribution < -0.4 is 0 Å². The van der Waals surface area contributed by atoms with Crippen molar-refractivity contribution in [3.05, 3.63) is 0 Å². The summed E-state index contributed by atoms with van der Waals surface area (Å²) < 4.78 is 0. The third kappa shape index (κ3) is 10.3. The Hall–Kier alpha value is -0.160. The monoisotopic (exact) mass is 273 g/mol. The maximum Gasteiger partial charge on any atom is 0.0445 e. The zero-order valence-corrected chi connectivity index (χ0v) is 13.7. The second kappa shape index (κ2) is 11.6. The van der Waals surface area contributed by atoms with Crippen LogP contribution in [0.15, 0.2) is 0 Å². The molecular formula is C15H35N3O. The van der Waals surface area contributed by atoms with E-state index in [4.69, 9.17) is 0 Å². The molecule has 0 aromatic rings. The van der Waals surface area contributed by atoms with Crippen molar-refractivity contribution in [2.24, 2.45) is 0 Å². The Morgan fingerprint density at radius 2 is 1.32 bits per heavy atom. The Morgan fingerprint density at radius 3 is 1.63 bits per heavy atom. The van der Waals surface area contributed by atoms with E-state index in [9.17, 15) is 5.11 Å². The van der Waals surface area contributed by atoms with E-state index in [-0.39, 0.29) is 0 Å². The Balaban J connectivity index is 4.18. The molecule has 0 aliphatic rings. The molecule has 4 nitrogen and oxygen atoms in total. The predicted octanol–water partition coefficient (Wildman–Crippen LogP) is 1.35. The molecule has 0 radical (unpaired) electrons. The first-order valence-electron chi connectivity index (χ1n) is 7.65. The summed E-state index contributed by atoms with van der Waals surface area (Å²) in [5.41, 5.74) is 0. The number of aliphatic hydroxyl groups is 1. The fraction of sp³-hybridized carbons (Fsp3) is 1.00. The summed E-state index contributed by atoms with van der Waals surface area (Å²) >= 11 is 0. The molecule has 0 spiro atoms. The second-order valence-electron chi connectivity index (χ2n) is 5.92. The first-order valence-corrected chi connectivity index (χ1v) is 7.65. The van der Waals surface area contributed by atoms with Gasteiger partial charge in [-0.25, -0.2) is 0 Å². The highest BCUT2D eigenvalue weighted by molar-refractivity contribution is 4.71. The molecule has 0 bridgehead atoms. The van der Waals surface area contributed by atoms with Gasteiger partial charge in [-0.3, -0.25) is 0 Å². The largest absolute Gasteiger partial charge is 0.396 e. The van der Waals surface area contributed by atoms with Gasteiger partial charge in [0.15, 0.2) is 0 Å². The normalized spacial score (nSPS) is 13.7. The van der Waals surface area contributed by atoms with Crippen molar-refractivity contribution in [3.63, 3.8) is 0 Å². The van der Waals surface area contributed by atoms with E-state index in [1.54, 1.807) is 0 Å². The molecule has 19 heavy (non-hydrogen) atoms. The molecule has 0 fully saturated rings. The smallest absolute Gasteiger partial charge is 0.0445 e. The lowest BCUT2D eigenvalue weighted by Crippen LogP contribution is -2.39. The van der Waals surface area contributed by atoms with E-state index < -0.39 is 0 Å². The standard InChI is InChI=1S/C15H35N3O/c1-6-15(9-14-19)18(12-7-10-16(2)3)13-8-11-17(4)5/h15,19H,6-14H2,1-5H3. The van der Waals surface area contributed by atoms with Crippen molar-refractivity contribution < 1.29 is 5.11 Å². The van der Waals surface area contributed by atoms with Gasteiger partial charge in [-0.1, -0.05) is 6.92 Å². The van der Waals surface area contributed by atoms with Crippen LogP contribution in [0.1, 0.15) is 32.6 Å². The molecule has 0 amide bonds. The molecule has 0 aliphatic heterocycles. The Morgan fingerprint density at radius 1 is 0.842 bits per heavy atom. The van der Waals surface area contributed by atoms with E-state index in [0.717, 1.165) is 39.0 Å². The number of nitrogens with zero attached hydrogens (tertiary/aromatic N) is 3. The third-order valence-corrected chi connectivity index (χ3v) is 3.55. The summed E-state index contributed by atoms with van der Waals surface area (Å²) in [6.45, 7) is 7.09. The van der Waals surface area contributed by atoms with Gasteiger partial charge in [0.05, 0.1) is 0 Å². The zero-order valence-electron chi connectivity index (χ0n) is 13.7. The van der Waals surface area contributed by atoms with Gasteiger partial charge in [-0.15, -0.1) is 0 Å². The molecule has 0 heterocycles. The van der Waals surface area contributed by atoms with Gasteiger partial charge in [0, 0.05) is 12.6 Å². The van der Waals surface area contributed by atoms with E-state index in [0.29, 0.717) is 12.6 Å². The zero-order chi connectivity index (χ0) is 14.7. The molecule has 0 aromatic carbocycles. The van der Waals surface area contributed by atoms with Gasteiger partial charge in [0.25, 0.3) is 0 Å². The van der Waals surface area contributed by atoms with Crippen LogP contribution in [0.3, 0.4) is 0 Å². The Bertz CT molecular complexity index is 184. The minimum absolute atomic E-state index is 0.302. The summed E-state index contributed by atoms with van der Waals surface area (Å²) in [7, 11) is 8.51. The van der Waals surface area contributed by atoms with Gasteiger partial charge in [0.1, 0.15) is 0 Å². The van der Waals surface area contributed by atoms with Crippen LogP contribution >= 0.6 is 0 Å². The van der Waals surface area contributed by atoms with Crippen LogP contribution in [-0.2, 0) is 0 Å². The Kier molecular flexibility index (Phi) is 11.6. The summed E-state index contributed by atoms with van der Waals surface area (Å²) in [6.07, 6.45) is 4.44. The van der Waals surface area contributed by atoms with Crippen molar-refractivity contribution in [2.75, 3.05) is 61.0 Å². The average Bonchev–Trinajstić information content (AvgIpc) is 2.33. The number of hydrogen-bond acceptors (Lipinski definition) is 4. The summed E-state index contributed by atoms with van der Waals surface area (Å²) in [5, 5.41) is 9.20. The fourth-order valence-electron chi connectivity index (χ4n) is 2.45. The van der Waals surface area contributed by atoms with E-state index in [1.165, 1.54) is 12.8 Å². The molecule has 1 atom stereocenters. The molecule has 0 saturated carbocycles. The van der Waals surface area contributed by atoms with Gasteiger partial charge in [-0.2, -0.15) is 0 Å². The average molecular weight is 273 g/mol. The van der Waals surface area contributed by atoms with Crippen molar-refractivity contribution in [1.82, 2.24) is 14.7 Å². The van der Waals surface area contributed by atoms with Gasteiger partial charge >= 0.3 is 0 Å². The van der Waals surface area contributed by atoms with Crippen molar-refractivity contribution in [3.8, 4) is 0 Å². The molecule has 0 aromatic heterocycles. The molecular weight excluding hydrogens is 238 g/mol. The van der Waals surface area contributed by atoms with Crippen LogP contribution in [-0.4, -0.2) is 86.8 Å². The molecule has 1 unspecified atom stereocenters. The van der Waals surface area contributed by atoms with Crippen LogP contribution in [0.2, 0.25) is 0 Å². The highest BCUT2D eigenvalue weighted by Crippen LogP contribution is 2.10. The molecule has 0 aliphatic carbocycles. The minimum atomic E-state index is 0.302. The first kappa shape index (κ1) is 18.8. The third-order valence-electron chi connectivity index (χ3n) is 3.55. The highest BCUT2D eigenvalue weighted by Gasteiger charge is 2.15. The number of hydrogen-bond donors (Lipinski definition) is 1. The first-order chi connectivity index (χ1) is 9.01. The fourth-order valence-corrected chi connectivity index (χ4v) is 2.45. The second-order valence-corrected chi connectivity index (χ2v) is 5.92. The lowest BCUT2D eigenvalue weighted by molar-refractivity contribution is 0.142. The highest BCUT2D eigenvalue weighted by atomic mass is 16.3. The van der Waals surface area contributed by atoms with Crippen molar-refractivity contribution >= 4 is 0 Å².